The van der Waals surface area contributed by atoms with Gasteiger partial charge in [-0.25, -0.2) is 0 Å². The molecule has 1 aliphatic rings. The average Bonchev–Trinajstić information content (AvgIpc) is 2.76. The molecular weight excluding hydrogens is 290 g/mol. The number of carbonyl (C=O) groups is 1. The molecule has 1 unspecified atom stereocenters. The number of likely N-dealkylation sites (tertiary alicyclic amines) is 1. The molecule has 21 heavy (non-hydrogen) atoms. The van der Waals surface area contributed by atoms with Crippen LogP contribution in [-0.4, -0.2) is 40.3 Å². The zero-order valence-corrected chi connectivity index (χ0v) is 13.8. The summed E-state index contributed by atoms with van der Waals surface area (Å²) in [5, 5.41) is 5.23. The standard InChI is InChI=1S/C15H24ClN3O2/c1-4-12-15(16)13(18(2)17-12)10-19-8-6-5-7-11(19)9-14(20)21-3/h11H,4-10H2,1-3H3. The van der Waals surface area contributed by atoms with Gasteiger partial charge in [0.2, 0.25) is 0 Å². The summed E-state index contributed by atoms with van der Waals surface area (Å²) in [5.74, 6) is -0.141. The SMILES string of the molecule is CCc1nn(C)c(CN2CCCCC2CC(=O)OC)c1Cl. The number of esters is 1. The molecule has 0 N–H and O–H groups in total. The van der Waals surface area contributed by atoms with Crippen LogP contribution in [0.2, 0.25) is 5.02 Å². The van der Waals surface area contributed by atoms with Crippen LogP contribution in [0.3, 0.4) is 0 Å². The first-order chi connectivity index (χ1) is 10.1. The fraction of sp³-hybridized carbons (Fsp3) is 0.733. The molecule has 118 valence electrons. The number of halogens is 1. The van der Waals surface area contributed by atoms with Crippen molar-refractivity contribution >= 4 is 17.6 Å². The van der Waals surface area contributed by atoms with E-state index in [0.717, 1.165) is 55.2 Å². The zero-order valence-electron chi connectivity index (χ0n) is 13.1. The number of rotatable bonds is 5. The monoisotopic (exact) mass is 313 g/mol. The Morgan fingerprint density at radius 2 is 2.24 bits per heavy atom. The Hall–Kier alpha value is -1.07. The van der Waals surface area contributed by atoms with Gasteiger partial charge in [-0.1, -0.05) is 24.9 Å². The van der Waals surface area contributed by atoms with Gasteiger partial charge in [0, 0.05) is 19.6 Å². The van der Waals surface area contributed by atoms with Gasteiger partial charge in [-0.05, 0) is 25.8 Å². The summed E-state index contributed by atoms with van der Waals surface area (Å²) in [6.07, 6.45) is 4.64. The van der Waals surface area contributed by atoms with Gasteiger partial charge in [0.15, 0.2) is 0 Å². The molecular formula is C15H24ClN3O2. The Bertz CT molecular complexity index is 501. The number of hydrogen-bond acceptors (Lipinski definition) is 4. The Labute approximate surface area is 131 Å². The zero-order chi connectivity index (χ0) is 15.4. The molecule has 0 radical (unpaired) electrons. The maximum absolute atomic E-state index is 11.6. The fourth-order valence-electron chi connectivity index (χ4n) is 2.96. The third kappa shape index (κ3) is 3.77. The first kappa shape index (κ1) is 16.3. The highest BCUT2D eigenvalue weighted by molar-refractivity contribution is 6.31. The highest BCUT2D eigenvalue weighted by Crippen LogP contribution is 2.27. The van der Waals surface area contributed by atoms with Crippen molar-refractivity contribution in [2.75, 3.05) is 13.7 Å². The maximum Gasteiger partial charge on any atom is 0.307 e. The number of aromatic nitrogens is 2. The van der Waals surface area contributed by atoms with Gasteiger partial charge in [0.05, 0.1) is 29.9 Å². The van der Waals surface area contributed by atoms with Gasteiger partial charge < -0.3 is 4.74 Å². The average molecular weight is 314 g/mol. The number of hydrogen-bond donors (Lipinski definition) is 0. The molecule has 1 aromatic heterocycles. The van der Waals surface area contributed by atoms with Crippen molar-refractivity contribution in [3.8, 4) is 0 Å². The second-order valence-corrected chi connectivity index (χ2v) is 5.96. The van der Waals surface area contributed by atoms with Crippen molar-refractivity contribution in [3.63, 3.8) is 0 Å². The minimum atomic E-state index is -0.141. The lowest BCUT2D eigenvalue weighted by molar-refractivity contribution is -0.142. The van der Waals surface area contributed by atoms with Crippen molar-refractivity contribution in [2.24, 2.45) is 7.05 Å². The second kappa shape index (κ2) is 7.27. The second-order valence-electron chi connectivity index (χ2n) is 5.58. The third-order valence-corrected chi connectivity index (χ3v) is 4.67. The summed E-state index contributed by atoms with van der Waals surface area (Å²) in [7, 11) is 3.38. The van der Waals surface area contributed by atoms with Crippen molar-refractivity contribution in [1.82, 2.24) is 14.7 Å². The van der Waals surface area contributed by atoms with Gasteiger partial charge in [-0.2, -0.15) is 5.10 Å². The molecule has 0 aromatic carbocycles. The molecule has 1 aliphatic heterocycles. The van der Waals surface area contributed by atoms with Crippen LogP contribution in [0.25, 0.3) is 0 Å². The van der Waals surface area contributed by atoms with E-state index in [0.29, 0.717) is 6.42 Å². The summed E-state index contributed by atoms with van der Waals surface area (Å²) in [5.41, 5.74) is 1.97. The van der Waals surface area contributed by atoms with Crippen molar-refractivity contribution in [1.29, 1.82) is 0 Å². The predicted octanol–water partition coefficient (Wildman–Crippen LogP) is 2.55. The van der Waals surface area contributed by atoms with E-state index in [2.05, 4.69) is 16.9 Å². The van der Waals surface area contributed by atoms with E-state index in [1.54, 1.807) is 0 Å². The molecule has 0 amide bonds. The first-order valence-electron chi connectivity index (χ1n) is 7.57. The summed E-state index contributed by atoms with van der Waals surface area (Å²) in [4.78, 5) is 13.9. The van der Waals surface area contributed by atoms with Crippen LogP contribution in [0.15, 0.2) is 0 Å². The van der Waals surface area contributed by atoms with E-state index in [9.17, 15) is 4.79 Å². The molecule has 0 spiro atoms. The molecule has 5 nitrogen and oxygen atoms in total. The molecule has 6 heteroatoms. The number of nitrogens with zero attached hydrogens (tertiary/aromatic N) is 3. The normalized spacial score (nSPS) is 19.7. The summed E-state index contributed by atoms with van der Waals surface area (Å²) in [6, 6.07) is 0.238. The van der Waals surface area contributed by atoms with Crippen LogP contribution in [0, 0.1) is 0 Å². The minimum absolute atomic E-state index is 0.141. The number of ether oxygens (including phenoxy) is 1. The van der Waals surface area contributed by atoms with E-state index in [1.807, 2.05) is 11.7 Å². The highest BCUT2D eigenvalue weighted by Gasteiger charge is 2.27. The van der Waals surface area contributed by atoms with Gasteiger partial charge >= 0.3 is 5.97 Å². The van der Waals surface area contributed by atoms with Crippen molar-refractivity contribution < 1.29 is 9.53 Å². The minimum Gasteiger partial charge on any atom is -0.469 e. The number of methoxy groups -OCH3 is 1. The lowest BCUT2D eigenvalue weighted by Crippen LogP contribution is -2.40. The molecule has 2 heterocycles. The Morgan fingerprint density at radius 3 is 2.86 bits per heavy atom. The van der Waals surface area contributed by atoms with E-state index in [4.69, 9.17) is 16.3 Å². The molecule has 0 bridgehead atoms. The quantitative estimate of drug-likeness (QED) is 0.784. The van der Waals surface area contributed by atoms with Crippen LogP contribution < -0.4 is 0 Å². The lowest BCUT2D eigenvalue weighted by atomic mass is 9.99. The first-order valence-corrected chi connectivity index (χ1v) is 7.95. The van der Waals surface area contributed by atoms with E-state index < -0.39 is 0 Å². The molecule has 0 aliphatic carbocycles. The van der Waals surface area contributed by atoms with Crippen LogP contribution in [0.4, 0.5) is 0 Å². The van der Waals surface area contributed by atoms with Gasteiger partial charge in [0.25, 0.3) is 0 Å². The topological polar surface area (TPSA) is 47.4 Å². The van der Waals surface area contributed by atoms with Crippen LogP contribution >= 0.6 is 11.6 Å². The highest BCUT2D eigenvalue weighted by atomic mass is 35.5. The Kier molecular flexibility index (Phi) is 5.65. The Morgan fingerprint density at radius 1 is 1.48 bits per heavy atom. The molecule has 2 rings (SSSR count). The number of piperidine rings is 1. The van der Waals surface area contributed by atoms with Gasteiger partial charge in [0.1, 0.15) is 0 Å². The Balaban J connectivity index is 2.12. The predicted molar refractivity (Wildman–Crippen MR) is 82.3 cm³/mol. The van der Waals surface area contributed by atoms with Gasteiger partial charge in [-0.3, -0.25) is 14.4 Å². The van der Waals surface area contributed by atoms with Gasteiger partial charge in [-0.15, -0.1) is 0 Å². The molecule has 1 fully saturated rings. The van der Waals surface area contributed by atoms with Crippen LogP contribution in [-0.2, 0) is 29.5 Å². The van der Waals surface area contributed by atoms with E-state index >= 15 is 0 Å². The lowest BCUT2D eigenvalue weighted by Gasteiger charge is -2.35. The van der Waals surface area contributed by atoms with Crippen molar-refractivity contribution in [3.05, 3.63) is 16.4 Å². The fourth-order valence-corrected chi connectivity index (χ4v) is 3.31. The molecule has 1 aromatic rings. The maximum atomic E-state index is 11.6. The van der Waals surface area contributed by atoms with Crippen LogP contribution in [0.5, 0.6) is 0 Å². The smallest absolute Gasteiger partial charge is 0.307 e. The third-order valence-electron chi connectivity index (χ3n) is 4.23. The number of carbonyl (C=O) groups excluding carboxylic acids is 1. The largest absolute Gasteiger partial charge is 0.469 e. The summed E-state index contributed by atoms with van der Waals surface area (Å²) >= 11 is 6.43. The van der Waals surface area contributed by atoms with E-state index in [-0.39, 0.29) is 12.0 Å². The summed E-state index contributed by atoms with van der Waals surface area (Å²) < 4.78 is 6.68. The molecule has 0 saturated carbocycles. The number of aryl methyl sites for hydroxylation is 2. The summed E-state index contributed by atoms with van der Waals surface area (Å²) in [6.45, 7) is 3.79. The van der Waals surface area contributed by atoms with Crippen LogP contribution in [0.1, 0.15) is 44.0 Å². The molecule has 1 saturated heterocycles. The molecule has 1 atom stereocenters. The van der Waals surface area contributed by atoms with E-state index in [1.165, 1.54) is 7.11 Å². The van der Waals surface area contributed by atoms with Crippen molar-refractivity contribution in [2.45, 2.75) is 51.6 Å².